The average molecular weight is 226 g/mol. The first-order valence-corrected chi connectivity index (χ1v) is 5.07. The van der Waals surface area contributed by atoms with Crippen LogP contribution in [0.4, 0.5) is 0 Å². The maximum atomic E-state index is 9.90. The summed E-state index contributed by atoms with van der Waals surface area (Å²) in [5.41, 5.74) is 0.713. The molecule has 0 unspecified atom stereocenters. The highest BCUT2D eigenvalue weighted by Gasteiger charge is 2.38. The minimum atomic E-state index is -1.09. The first-order valence-electron chi connectivity index (χ1n) is 5.07. The zero-order valence-electron chi connectivity index (χ0n) is 8.60. The number of nitrogens with zero attached hydrogens (tertiary/aromatic N) is 2. The van der Waals surface area contributed by atoms with Crippen LogP contribution in [0.1, 0.15) is 11.5 Å². The summed E-state index contributed by atoms with van der Waals surface area (Å²) in [5.74, 6) is -0.362. The van der Waals surface area contributed by atoms with E-state index in [1.807, 2.05) is 0 Å². The molecule has 0 amide bonds. The SMILES string of the molecule is OC[C@H]1OC[C@@H](c2cncnc2)[C@@H](O)[C@H]1O. The molecule has 2 heterocycles. The summed E-state index contributed by atoms with van der Waals surface area (Å²) in [6.07, 6.45) is 1.76. The van der Waals surface area contributed by atoms with Gasteiger partial charge in [0.05, 0.1) is 19.3 Å². The van der Waals surface area contributed by atoms with Crippen LogP contribution >= 0.6 is 0 Å². The number of aromatic nitrogens is 2. The molecule has 0 radical (unpaired) electrons. The lowest BCUT2D eigenvalue weighted by atomic mass is 9.88. The number of ether oxygens (including phenoxy) is 1. The third-order valence-electron chi connectivity index (χ3n) is 2.82. The topological polar surface area (TPSA) is 95.7 Å². The molecule has 0 spiro atoms. The molecule has 2 rings (SSSR count). The number of rotatable bonds is 2. The van der Waals surface area contributed by atoms with Crippen molar-refractivity contribution in [2.45, 2.75) is 24.2 Å². The van der Waals surface area contributed by atoms with E-state index in [-0.39, 0.29) is 19.1 Å². The van der Waals surface area contributed by atoms with Gasteiger partial charge in [0.25, 0.3) is 0 Å². The van der Waals surface area contributed by atoms with Crippen LogP contribution in [0.3, 0.4) is 0 Å². The zero-order chi connectivity index (χ0) is 11.5. The second-order valence-corrected chi connectivity index (χ2v) is 3.81. The predicted octanol–water partition coefficient (Wildman–Crippen LogP) is -1.33. The summed E-state index contributed by atoms with van der Waals surface area (Å²) in [5, 5.41) is 28.5. The average Bonchev–Trinajstić information content (AvgIpc) is 2.34. The van der Waals surface area contributed by atoms with E-state index in [1.165, 1.54) is 6.33 Å². The van der Waals surface area contributed by atoms with Gasteiger partial charge in [0, 0.05) is 18.3 Å². The van der Waals surface area contributed by atoms with Crippen LogP contribution in [0, 0.1) is 0 Å². The van der Waals surface area contributed by atoms with Crippen molar-refractivity contribution in [1.82, 2.24) is 9.97 Å². The molecule has 0 aliphatic carbocycles. The lowest BCUT2D eigenvalue weighted by Crippen LogP contribution is -2.50. The Morgan fingerprint density at radius 2 is 1.94 bits per heavy atom. The summed E-state index contributed by atoms with van der Waals surface area (Å²) >= 11 is 0. The van der Waals surface area contributed by atoms with E-state index in [1.54, 1.807) is 12.4 Å². The second-order valence-electron chi connectivity index (χ2n) is 3.81. The molecular formula is C10H14N2O4. The molecule has 1 saturated heterocycles. The normalized spacial score (nSPS) is 34.9. The summed E-state index contributed by atoms with van der Waals surface area (Å²) < 4.78 is 5.26. The Morgan fingerprint density at radius 1 is 1.25 bits per heavy atom. The number of aliphatic hydroxyl groups is 3. The van der Waals surface area contributed by atoms with E-state index in [9.17, 15) is 10.2 Å². The molecule has 1 aromatic heterocycles. The van der Waals surface area contributed by atoms with E-state index in [0.29, 0.717) is 5.56 Å². The van der Waals surface area contributed by atoms with Crippen LogP contribution < -0.4 is 0 Å². The molecule has 0 aromatic carbocycles. The van der Waals surface area contributed by atoms with Crippen molar-refractivity contribution < 1.29 is 20.1 Å². The third kappa shape index (κ3) is 2.05. The van der Waals surface area contributed by atoms with Crippen molar-refractivity contribution in [3.63, 3.8) is 0 Å². The molecule has 3 N–H and O–H groups in total. The van der Waals surface area contributed by atoms with E-state index >= 15 is 0 Å². The molecule has 6 heteroatoms. The summed E-state index contributed by atoms with van der Waals surface area (Å²) in [7, 11) is 0. The molecule has 88 valence electrons. The van der Waals surface area contributed by atoms with E-state index in [4.69, 9.17) is 9.84 Å². The van der Waals surface area contributed by atoms with E-state index in [2.05, 4.69) is 9.97 Å². The largest absolute Gasteiger partial charge is 0.394 e. The minimum Gasteiger partial charge on any atom is -0.394 e. The Kier molecular flexibility index (Phi) is 3.45. The maximum absolute atomic E-state index is 9.90. The van der Waals surface area contributed by atoms with Gasteiger partial charge < -0.3 is 20.1 Å². The van der Waals surface area contributed by atoms with Crippen LogP contribution in [0.25, 0.3) is 0 Å². The van der Waals surface area contributed by atoms with Crippen LogP contribution in [0.2, 0.25) is 0 Å². The number of hydrogen-bond donors (Lipinski definition) is 3. The van der Waals surface area contributed by atoms with Crippen molar-refractivity contribution in [3.8, 4) is 0 Å². The molecule has 0 bridgehead atoms. The quantitative estimate of drug-likeness (QED) is 0.578. The predicted molar refractivity (Wildman–Crippen MR) is 53.6 cm³/mol. The van der Waals surface area contributed by atoms with Gasteiger partial charge in [-0.2, -0.15) is 0 Å². The van der Waals surface area contributed by atoms with Crippen molar-refractivity contribution >= 4 is 0 Å². The summed E-state index contributed by atoms with van der Waals surface area (Å²) in [6.45, 7) is -0.0763. The molecule has 0 saturated carbocycles. The molecule has 16 heavy (non-hydrogen) atoms. The van der Waals surface area contributed by atoms with Gasteiger partial charge in [0.1, 0.15) is 18.5 Å². The highest BCUT2D eigenvalue weighted by Crippen LogP contribution is 2.28. The Morgan fingerprint density at radius 3 is 2.56 bits per heavy atom. The highest BCUT2D eigenvalue weighted by atomic mass is 16.5. The van der Waals surface area contributed by atoms with Crippen LogP contribution in [0.5, 0.6) is 0 Å². The summed E-state index contributed by atoms with van der Waals surface area (Å²) in [6, 6.07) is 0. The Bertz CT molecular complexity index is 335. The first-order chi connectivity index (χ1) is 7.74. The fraction of sp³-hybridized carbons (Fsp3) is 0.600. The maximum Gasteiger partial charge on any atom is 0.115 e. The van der Waals surface area contributed by atoms with Gasteiger partial charge in [-0.1, -0.05) is 0 Å². The molecule has 4 atom stereocenters. The Balaban J connectivity index is 2.14. The molecule has 1 aliphatic rings. The Hall–Kier alpha value is -1.08. The molecule has 6 nitrogen and oxygen atoms in total. The molecule has 1 fully saturated rings. The van der Waals surface area contributed by atoms with Crippen LogP contribution in [0.15, 0.2) is 18.7 Å². The van der Waals surface area contributed by atoms with Gasteiger partial charge in [0.2, 0.25) is 0 Å². The fourth-order valence-electron chi connectivity index (χ4n) is 1.84. The highest BCUT2D eigenvalue weighted by molar-refractivity contribution is 5.14. The van der Waals surface area contributed by atoms with Crippen LogP contribution in [-0.2, 0) is 4.74 Å². The van der Waals surface area contributed by atoms with Gasteiger partial charge in [-0.05, 0) is 5.56 Å². The van der Waals surface area contributed by atoms with Gasteiger partial charge in [0.15, 0.2) is 0 Å². The first kappa shape index (κ1) is 11.4. The minimum absolute atomic E-state index is 0.233. The van der Waals surface area contributed by atoms with Crippen LogP contribution in [-0.4, -0.2) is 56.8 Å². The Labute approximate surface area is 92.6 Å². The van der Waals surface area contributed by atoms with E-state index < -0.39 is 18.3 Å². The molecule has 1 aliphatic heterocycles. The monoisotopic (exact) mass is 226 g/mol. The fourth-order valence-corrected chi connectivity index (χ4v) is 1.84. The van der Waals surface area contributed by atoms with Gasteiger partial charge in [-0.25, -0.2) is 9.97 Å². The smallest absolute Gasteiger partial charge is 0.115 e. The molecular weight excluding hydrogens is 212 g/mol. The van der Waals surface area contributed by atoms with E-state index in [0.717, 1.165) is 0 Å². The van der Waals surface area contributed by atoms with Crippen molar-refractivity contribution in [2.75, 3.05) is 13.2 Å². The van der Waals surface area contributed by atoms with Crippen molar-refractivity contribution in [3.05, 3.63) is 24.3 Å². The number of aliphatic hydroxyl groups excluding tert-OH is 3. The number of hydrogen-bond acceptors (Lipinski definition) is 6. The molecule has 1 aromatic rings. The summed E-state index contributed by atoms with van der Waals surface area (Å²) in [4.78, 5) is 7.70. The lowest BCUT2D eigenvalue weighted by molar-refractivity contribution is -0.158. The second kappa shape index (κ2) is 4.84. The van der Waals surface area contributed by atoms with Gasteiger partial charge in [-0.3, -0.25) is 0 Å². The third-order valence-corrected chi connectivity index (χ3v) is 2.82. The van der Waals surface area contributed by atoms with Gasteiger partial charge in [-0.15, -0.1) is 0 Å². The standard InChI is InChI=1S/C10H14N2O4/c13-3-8-10(15)9(14)7(4-16-8)6-1-11-5-12-2-6/h1-2,5,7-10,13-15H,3-4H2/t7-,8+,9+,10-/m0/s1. The van der Waals surface area contributed by atoms with Gasteiger partial charge >= 0.3 is 0 Å². The zero-order valence-corrected chi connectivity index (χ0v) is 8.60. The van der Waals surface area contributed by atoms with Crippen molar-refractivity contribution in [2.24, 2.45) is 0 Å². The lowest BCUT2D eigenvalue weighted by Gasteiger charge is -2.36. The van der Waals surface area contributed by atoms with Crippen molar-refractivity contribution in [1.29, 1.82) is 0 Å².